The summed E-state index contributed by atoms with van der Waals surface area (Å²) in [5.74, 6) is -0.419. The van der Waals surface area contributed by atoms with Gasteiger partial charge in [0.25, 0.3) is 11.8 Å². The number of ether oxygens (including phenoxy) is 2. The molecule has 0 spiro atoms. The monoisotopic (exact) mass is 520 g/mol. The first-order valence-electron chi connectivity index (χ1n) is 12.7. The minimum atomic E-state index is -0.784. The van der Waals surface area contributed by atoms with Crippen molar-refractivity contribution in [2.75, 3.05) is 11.5 Å². The molecule has 4 amide bonds. The van der Waals surface area contributed by atoms with Gasteiger partial charge in [-0.05, 0) is 73.0 Å². The molecule has 1 N–H and O–H groups in total. The number of urea groups is 1. The van der Waals surface area contributed by atoms with Crippen molar-refractivity contribution < 1.29 is 23.9 Å². The minimum Gasteiger partial charge on any atom is -0.490 e. The number of carbonyl (C=O) groups is 3. The first kappa shape index (κ1) is 25.7. The summed E-state index contributed by atoms with van der Waals surface area (Å²) in [7, 11) is 0. The summed E-state index contributed by atoms with van der Waals surface area (Å²) in [6, 6.07) is 23.7. The van der Waals surface area contributed by atoms with E-state index in [1.807, 2.05) is 26.0 Å². The van der Waals surface area contributed by atoms with Gasteiger partial charge >= 0.3 is 6.03 Å². The number of rotatable bonds is 7. The van der Waals surface area contributed by atoms with Crippen LogP contribution >= 0.6 is 0 Å². The molecule has 1 fully saturated rings. The first-order chi connectivity index (χ1) is 18.9. The van der Waals surface area contributed by atoms with E-state index in [1.165, 1.54) is 6.08 Å². The number of anilines is 1. The molecule has 4 aromatic rings. The van der Waals surface area contributed by atoms with Gasteiger partial charge in [0.15, 0.2) is 11.5 Å². The number of hydrogen-bond acceptors (Lipinski definition) is 5. The third kappa shape index (κ3) is 5.25. The molecule has 0 saturated carbocycles. The number of imide groups is 2. The Morgan fingerprint density at radius 2 is 1.62 bits per heavy atom. The van der Waals surface area contributed by atoms with Crippen LogP contribution in [0.2, 0.25) is 0 Å². The maximum Gasteiger partial charge on any atom is 0.335 e. The van der Waals surface area contributed by atoms with Crippen molar-refractivity contribution in [1.82, 2.24) is 5.32 Å². The zero-order chi connectivity index (χ0) is 27.5. The predicted molar refractivity (Wildman–Crippen MR) is 151 cm³/mol. The van der Waals surface area contributed by atoms with Gasteiger partial charge in [0.2, 0.25) is 0 Å². The van der Waals surface area contributed by atoms with Crippen LogP contribution in [0.4, 0.5) is 10.5 Å². The number of carbonyl (C=O) groups excluding carboxylic acids is 3. The van der Waals surface area contributed by atoms with E-state index in [0.717, 1.165) is 32.4 Å². The molecule has 7 heteroatoms. The Bertz CT molecular complexity index is 1620. The zero-order valence-corrected chi connectivity index (χ0v) is 22.0. The Labute approximate surface area is 226 Å². The molecular weight excluding hydrogens is 492 g/mol. The molecular formula is C32H28N2O5. The Balaban J connectivity index is 1.43. The van der Waals surface area contributed by atoms with Crippen molar-refractivity contribution in [3.05, 3.63) is 107 Å². The molecule has 0 unspecified atom stereocenters. The van der Waals surface area contributed by atoms with Crippen LogP contribution in [0.15, 0.2) is 84.4 Å². The van der Waals surface area contributed by atoms with Crippen LogP contribution in [-0.2, 0) is 16.2 Å². The second kappa shape index (κ2) is 10.8. The molecule has 0 bridgehead atoms. The van der Waals surface area contributed by atoms with Crippen molar-refractivity contribution in [2.45, 2.75) is 27.4 Å². The highest BCUT2D eigenvalue weighted by Crippen LogP contribution is 2.32. The van der Waals surface area contributed by atoms with Crippen LogP contribution < -0.4 is 19.7 Å². The molecule has 0 aliphatic carbocycles. The van der Waals surface area contributed by atoms with E-state index in [-0.39, 0.29) is 5.57 Å². The first-order valence-corrected chi connectivity index (χ1v) is 12.7. The second-order valence-electron chi connectivity index (χ2n) is 9.30. The Morgan fingerprint density at radius 1 is 0.846 bits per heavy atom. The molecule has 7 nitrogen and oxygen atoms in total. The van der Waals surface area contributed by atoms with Crippen molar-refractivity contribution in [1.29, 1.82) is 0 Å². The number of nitrogens with zero attached hydrogens (tertiary/aromatic N) is 1. The number of amides is 4. The van der Waals surface area contributed by atoms with Gasteiger partial charge in [-0.3, -0.25) is 14.9 Å². The largest absolute Gasteiger partial charge is 0.490 e. The van der Waals surface area contributed by atoms with E-state index in [4.69, 9.17) is 9.47 Å². The van der Waals surface area contributed by atoms with Gasteiger partial charge < -0.3 is 9.47 Å². The predicted octanol–water partition coefficient (Wildman–Crippen LogP) is 6.10. The normalized spacial score (nSPS) is 14.6. The molecule has 1 heterocycles. The number of hydrogen-bond donors (Lipinski definition) is 1. The van der Waals surface area contributed by atoms with Crippen LogP contribution in [0.25, 0.3) is 16.8 Å². The van der Waals surface area contributed by atoms with Crippen molar-refractivity contribution >= 4 is 40.4 Å². The van der Waals surface area contributed by atoms with Crippen LogP contribution in [-0.4, -0.2) is 24.5 Å². The zero-order valence-electron chi connectivity index (χ0n) is 22.0. The molecule has 0 aromatic heterocycles. The van der Waals surface area contributed by atoms with Gasteiger partial charge in [-0.25, -0.2) is 9.69 Å². The van der Waals surface area contributed by atoms with Gasteiger partial charge in [0.1, 0.15) is 12.2 Å². The average molecular weight is 521 g/mol. The summed E-state index contributed by atoms with van der Waals surface area (Å²) in [6.07, 6.45) is 1.45. The number of nitrogens with one attached hydrogen (secondary N) is 1. The highest BCUT2D eigenvalue weighted by molar-refractivity contribution is 6.39. The summed E-state index contributed by atoms with van der Waals surface area (Å²) in [5.41, 5.74) is 3.98. The SMILES string of the molecule is CCOc1cc(/C=C2\C(=O)NC(=O)N(c3ccc(C)cc3)C2=O)ccc1OCc1c(C)ccc2ccccc12. The number of benzene rings is 4. The van der Waals surface area contributed by atoms with Crippen molar-refractivity contribution in [3.63, 3.8) is 0 Å². The quantitative estimate of drug-likeness (QED) is 0.235. The summed E-state index contributed by atoms with van der Waals surface area (Å²) >= 11 is 0. The number of barbiturate groups is 1. The molecule has 1 aliphatic heterocycles. The van der Waals surface area contributed by atoms with Crippen molar-refractivity contribution in [3.8, 4) is 11.5 Å². The molecule has 1 aliphatic rings. The fourth-order valence-electron chi connectivity index (χ4n) is 4.54. The maximum absolute atomic E-state index is 13.2. The van der Waals surface area contributed by atoms with E-state index in [2.05, 4.69) is 36.5 Å². The smallest absolute Gasteiger partial charge is 0.335 e. The minimum absolute atomic E-state index is 0.155. The Hall–Kier alpha value is -4.91. The second-order valence-corrected chi connectivity index (χ2v) is 9.30. The van der Waals surface area contributed by atoms with E-state index in [0.29, 0.717) is 36.0 Å². The highest BCUT2D eigenvalue weighted by Gasteiger charge is 2.36. The maximum atomic E-state index is 13.2. The lowest BCUT2D eigenvalue weighted by Gasteiger charge is -2.26. The summed E-state index contributed by atoms with van der Waals surface area (Å²) in [5, 5.41) is 4.53. The molecule has 0 atom stereocenters. The van der Waals surface area contributed by atoms with E-state index in [1.54, 1.807) is 42.5 Å². The Morgan fingerprint density at radius 3 is 2.38 bits per heavy atom. The van der Waals surface area contributed by atoms with Crippen molar-refractivity contribution in [2.24, 2.45) is 0 Å². The van der Waals surface area contributed by atoms with Gasteiger partial charge in [-0.1, -0.05) is 60.2 Å². The third-order valence-electron chi connectivity index (χ3n) is 6.62. The molecule has 4 aromatic carbocycles. The van der Waals surface area contributed by atoms with Crippen LogP contribution in [0.3, 0.4) is 0 Å². The molecule has 0 radical (unpaired) electrons. The summed E-state index contributed by atoms with van der Waals surface area (Å²) in [4.78, 5) is 39.3. The van der Waals surface area contributed by atoms with Crippen LogP contribution in [0, 0.1) is 13.8 Å². The summed E-state index contributed by atoms with van der Waals surface area (Å²) < 4.78 is 12.0. The standard InChI is InChI=1S/C32H28N2O5/c1-4-38-29-18-22(12-16-28(29)39-19-27-21(3)11-13-23-7-5-6-8-25(23)27)17-26-30(35)33-32(37)34(31(26)36)24-14-9-20(2)10-15-24/h5-18H,4,19H2,1-3H3,(H,33,35,37)/b26-17+. The van der Waals surface area contributed by atoms with Gasteiger partial charge in [0, 0.05) is 5.56 Å². The lowest BCUT2D eigenvalue weighted by atomic mass is 10.0. The van der Waals surface area contributed by atoms with E-state index >= 15 is 0 Å². The fraction of sp³-hybridized carbons (Fsp3) is 0.156. The van der Waals surface area contributed by atoms with Crippen LogP contribution in [0.5, 0.6) is 11.5 Å². The molecule has 39 heavy (non-hydrogen) atoms. The highest BCUT2D eigenvalue weighted by atomic mass is 16.5. The van der Waals surface area contributed by atoms with Gasteiger partial charge in [-0.15, -0.1) is 0 Å². The number of fused-ring (bicyclic) bond motifs is 1. The lowest BCUT2D eigenvalue weighted by Crippen LogP contribution is -2.54. The molecule has 1 saturated heterocycles. The van der Waals surface area contributed by atoms with Gasteiger partial charge in [0.05, 0.1) is 12.3 Å². The fourth-order valence-corrected chi connectivity index (χ4v) is 4.54. The van der Waals surface area contributed by atoms with Gasteiger partial charge in [-0.2, -0.15) is 0 Å². The Kier molecular flexibility index (Phi) is 7.14. The van der Waals surface area contributed by atoms with E-state index < -0.39 is 17.8 Å². The molecule has 196 valence electrons. The summed E-state index contributed by atoms with van der Waals surface area (Å²) in [6.45, 7) is 6.58. The number of aryl methyl sites for hydroxylation is 2. The topological polar surface area (TPSA) is 84.9 Å². The lowest BCUT2D eigenvalue weighted by molar-refractivity contribution is -0.122. The third-order valence-corrected chi connectivity index (χ3v) is 6.62. The average Bonchev–Trinajstić information content (AvgIpc) is 2.92. The van der Waals surface area contributed by atoms with E-state index in [9.17, 15) is 14.4 Å². The molecule has 5 rings (SSSR count). The van der Waals surface area contributed by atoms with Crippen LogP contribution in [0.1, 0.15) is 29.2 Å².